The summed E-state index contributed by atoms with van der Waals surface area (Å²) in [5, 5.41) is 10.1. The first-order valence-electron chi connectivity index (χ1n) is 7.53. The van der Waals surface area contributed by atoms with Gasteiger partial charge in [0.05, 0.1) is 0 Å². The van der Waals surface area contributed by atoms with Gasteiger partial charge in [0.25, 0.3) is 0 Å². The Morgan fingerprint density at radius 1 is 1.45 bits per heavy atom. The average molecular weight is 296 g/mol. The molecule has 0 radical (unpaired) electrons. The predicted octanol–water partition coefficient (Wildman–Crippen LogP) is 2.59. The monoisotopic (exact) mass is 296 g/mol. The van der Waals surface area contributed by atoms with E-state index in [4.69, 9.17) is 12.2 Å². The topological polar surface area (TPSA) is 62.7 Å². The summed E-state index contributed by atoms with van der Waals surface area (Å²) in [7, 11) is 0. The van der Waals surface area contributed by atoms with Crippen molar-refractivity contribution in [2.24, 2.45) is 5.92 Å². The number of amides is 1. The van der Waals surface area contributed by atoms with Gasteiger partial charge in [0, 0.05) is 12.5 Å². The van der Waals surface area contributed by atoms with Crippen molar-refractivity contribution in [2.75, 3.05) is 0 Å². The van der Waals surface area contributed by atoms with Crippen molar-refractivity contribution < 1.29 is 4.79 Å². The highest BCUT2D eigenvalue weighted by molar-refractivity contribution is 7.71. The van der Waals surface area contributed by atoms with Gasteiger partial charge in [-0.2, -0.15) is 5.10 Å². The van der Waals surface area contributed by atoms with Crippen molar-refractivity contribution in [3.63, 3.8) is 0 Å². The fourth-order valence-corrected chi connectivity index (χ4v) is 2.96. The van der Waals surface area contributed by atoms with Crippen molar-refractivity contribution in [3.8, 4) is 0 Å². The van der Waals surface area contributed by atoms with E-state index >= 15 is 0 Å². The quantitative estimate of drug-likeness (QED) is 0.821. The standard InChI is InChI=1S/C14H24N4OS/c1-3-4-12-16-17-14(20)18(12)9-13(19)15-11-7-5-10(2)6-8-11/h10-11H,3-9H2,1-2H3,(H,15,19)(H,17,20). The fourth-order valence-electron chi connectivity index (χ4n) is 2.75. The number of hydrogen-bond acceptors (Lipinski definition) is 3. The molecule has 1 heterocycles. The molecule has 1 aromatic rings. The van der Waals surface area contributed by atoms with Gasteiger partial charge in [-0.1, -0.05) is 13.8 Å². The Morgan fingerprint density at radius 2 is 2.15 bits per heavy atom. The molecule has 1 saturated carbocycles. The number of nitrogens with zero attached hydrogens (tertiary/aromatic N) is 2. The third-order valence-electron chi connectivity index (χ3n) is 3.99. The lowest BCUT2D eigenvalue weighted by Crippen LogP contribution is -2.39. The van der Waals surface area contributed by atoms with E-state index in [0.29, 0.717) is 10.8 Å². The van der Waals surface area contributed by atoms with Gasteiger partial charge in [0.1, 0.15) is 12.4 Å². The van der Waals surface area contributed by atoms with Crippen LogP contribution in [0.15, 0.2) is 0 Å². The van der Waals surface area contributed by atoms with Crippen LogP contribution < -0.4 is 5.32 Å². The molecule has 1 aliphatic carbocycles. The number of hydrogen-bond donors (Lipinski definition) is 2. The maximum atomic E-state index is 12.1. The molecular formula is C14H24N4OS. The van der Waals surface area contributed by atoms with Gasteiger partial charge in [-0.25, -0.2) is 0 Å². The number of aromatic nitrogens is 3. The van der Waals surface area contributed by atoms with Crippen LogP contribution in [-0.2, 0) is 17.8 Å². The van der Waals surface area contributed by atoms with Crippen LogP contribution in [0.3, 0.4) is 0 Å². The zero-order valence-corrected chi connectivity index (χ0v) is 13.1. The second-order valence-corrected chi connectivity index (χ2v) is 6.19. The second-order valence-electron chi connectivity index (χ2n) is 5.81. The second kappa shape index (κ2) is 7.02. The Balaban J connectivity index is 1.91. The third-order valence-corrected chi connectivity index (χ3v) is 4.31. The summed E-state index contributed by atoms with van der Waals surface area (Å²) in [6.07, 6.45) is 6.41. The molecular weight excluding hydrogens is 272 g/mol. The van der Waals surface area contributed by atoms with Gasteiger partial charge in [0.2, 0.25) is 5.91 Å². The molecule has 2 N–H and O–H groups in total. The van der Waals surface area contributed by atoms with Crippen molar-refractivity contribution >= 4 is 18.1 Å². The fraction of sp³-hybridized carbons (Fsp3) is 0.786. The molecule has 5 nitrogen and oxygen atoms in total. The van der Waals surface area contributed by atoms with E-state index in [2.05, 4.69) is 29.4 Å². The lowest BCUT2D eigenvalue weighted by Gasteiger charge is -2.27. The molecule has 1 aliphatic rings. The number of carbonyl (C=O) groups excluding carboxylic acids is 1. The van der Waals surface area contributed by atoms with Crippen LogP contribution in [0.5, 0.6) is 0 Å². The molecule has 0 aromatic carbocycles. The van der Waals surface area contributed by atoms with Crippen LogP contribution in [-0.4, -0.2) is 26.7 Å². The Morgan fingerprint density at radius 3 is 2.80 bits per heavy atom. The molecule has 1 amide bonds. The van der Waals surface area contributed by atoms with E-state index < -0.39 is 0 Å². The van der Waals surface area contributed by atoms with E-state index in [-0.39, 0.29) is 12.5 Å². The van der Waals surface area contributed by atoms with Gasteiger partial charge in [-0.15, -0.1) is 0 Å². The highest BCUT2D eigenvalue weighted by Gasteiger charge is 2.20. The van der Waals surface area contributed by atoms with Crippen molar-refractivity contribution in [1.29, 1.82) is 0 Å². The lowest BCUT2D eigenvalue weighted by atomic mass is 9.87. The van der Waals surface area contributed by atoms with E-state index in [9.17, 15) is 4.79 Å². The number of nitrogens with one attached hydrogen (secondary N) is 2. The summed E-state index contributed by atoms with van der Waals surface area (Å²) in [6.45, 7) is 4.64. The smallest absolute Gasteiger partial charge is 0.240 e. The summed E-state index contributed by atoms with van der Waals surface area (Å²) in [6, 6.07) is 0.328. The Labute approximate surface area is 125 Å². The van der Waals surface area contributed by atoms with Gasteiger partial charge in [-0.05, 0) is 50.2 Å². The Bertz CT molecular complexity index is 500. The van der Waals surface area contributed by atoms with E-state index in [1.54, 1.807) is 4.57 Å². The number of rotatable bonds is 5. The molecule has 0 saturated heterocycles. The Hall–Kier alpha value is -1.17. The summed E-state index contributed by atoms with van der Waals surface area (Å²) in [4.78, 5) is 12.1. The minimum absolute atomic E-state index is 0.0411. The summed E-state index contributed by atoms with van der Waals surface area (Å²) < 4.78 is 2.33. The zero-order chi connectivity index (χ0) is 14.5. The predicted molar refractivity (Wildman–Crippen MR) is 81.0 cm³/mol. The maximum absolute atomic E-state index is 12.1. The van der Waals surface area contributed by atoms with E-state index in [1.807, 2.05) is 0 Å². The summed E-state index contributed by atoms with van der Waals surface area (Å²) >= 11 is 5.19. The minimum atomic E-state index is 0.0411. The van der Waals surface area contributed by atoms with Crippen LogP contribution in [0.25, 0.3) is 0 Å². The van der Waals surface area contributed by atoms with Crippen molar-refractivity contribution in [1.82, 2.24) is 20.1 Å². The molecule has 112 valence electrons. The Kier molecular flexibility index (Phi) is 5.34. The third kappa shape index (κ3) is 3.91. The molecule has 1 fully saturated rings. The number of H-pyrrole nitrogens is 1. The highest BCUT2D eigenvalue weighted by Crippen LogP contribution is 2.23. The van der Waals surface area contributed by atoms with Gasteiger partial charge < -0.3 is 5.32 Å². The van der Waals surface area contributed by atoms with Crippen molar-refractivity contribution in [2.45, 2.75) is 65.0 Å². The highest BCUT2D eigenvalue weighted by atomic mass is 32.1. The number of aryl methyl sites for hydroxylation is 1. The number of carbonyl (C=O) groups is 1. The minimum Gasteiger partial charge on any atom is -0.352 e. The van der Waals surface area contributed by atoms with Crippen LogP contribution in [0.4, 0.5) is 0 Å². The first kappa shape index (κ1) is 15.2. The normalized spacial score (nSPS) is 22.7. The van der Waals surface area contributed by atoms with Crippen LogP contribution >= 0.6 is 12.2 Å². The van der Waals surface area contributed by atoms with Crippen LogP contribution in [0.2, 0.25) is 0 Å². The zero-order valence-electron chi connectivity index (χ0n) is 12.3. The number of aromatic amines is 1. The van der Waals surface area contributed by atoms with Gasteiger partial charge in [0.15, 0.2) is 4.77 Å². The van der Waals surface area contributed by atoms with Crippen LogP contribution in [0, 0.1) is 10.7 Å². The van der Waals surface area contributed by atoms with Gasteiger partial charge >= 0.3 is 0 Å². The van der Waals surface area contributed by atoms with Crippen LogP contribution in [0.1, 0.15) is 51.8 Å². The molecule has 0 unspecified atom stereocenters. The molecule has 2 rings (SSSR count). The molecule has 1 aromatic heterocycles. The van der Waals surface area contributed by atoms with Crippen molar-refractivity contribution in [3.05, 3.63) is 10.6 Å². The molecule has 20 heavy (non-hydrogen) atoms. The average Bonchev–Trinajstić information content (AvgIpc) is 2.75. The summed E-state index contributed by atoms with van der Waals surface area (Å²) in [5.74, 6) is 1.70. The first-order chi connectivity index (χ1) is 9.60. The van der Waals surface area contributed by atoms with E-state index in [0.717, 1.165) is 37.4 Å². The lowest BCUT2D eigenvalue weighted by molar-refractivity contribution is -0.122. The molecule has 0 aliphatic heterocycles. The molecule has 6 heteroatoms. The molecule has 0 spiro atoms. The first-order valence-corrected chi connectivity index (χ1v) is 7.94. The summed E-state index contributed by atoms with van der Waals surface area (Å²) in [5.41, 5.74) is 0. The SMILES string of the molecule is CCCc1n[nH]c(=S)n1CC(=O)NC1CCC(C)CC1. The van der Waals surface area contributed by atoms with E-state index in [1.165, 1.54) is 12.8 Å². The molecule has 0 atom stereocenters. The largest absolute Gasteiger partial charge is 0.352 e. The van der Waals surface area contributed by atoms with Gasteiger partial charge in [-0.3, -0.25) is 14.5 Å². The maximum Gasteiger partial charge on any atom is 0.240 e. The molecule has 0 bridgehead atoms.